The van der Waals surface area contributed by atoms with Crippen LogP contribution < -0.4 is 5.32 Å². The van der Waals surface area contributed by atoms with E-state index in [0.717, 1.165) is 18.8 Å². The van der Waals surface area contributed by atoms with Gasteiger partial charge in [0, 0.05) is 31.2 Å². The first-order valence-electron chi connectivity index (χ1n) is 7.62. The number of hydrogen-bond donors (Lipinski definition) is 1. The SMILES string of the molecule is CC(C)CN(CCC(=O)Nc1ccc(C#N)cc1)C1CC1. The van der Waals surface area contributed by atoms with E-state index in [2.05, 4.69) is 30.1 Å². The monoisotopic (exact) mass is 285 g/mol. The number of anilines is 1. The molecule has 0 heterocycles. The Balaban J connectivity index is 1.79. The zero-order valence-corrected chi connectivity index (χ0v) is 12.8. The Morgan fingerprint density at radius 1 is 1.38 bits per heavy atom. The van der Waals surface area contributed by atoms with Crippen LogP contribution in [0.2, 0.25) is 0 Å². The first-order valence-corrected chi connectivity index (χ1v) is 7.62. The molecule has 0 radical (unpaired) electrons. The number of nitrogens with zero attached hydrogens (tertiary/aromatic N) is 2. The third-order valence-corrected chi connectivity index (χ3v) is 3.59. The van der Waals surface area contributed by atoms with Crippen LogP contribution in [0.4, 0.5) is 5.69 Å². The fraction of sp³-hybridized carbons (Fsp3) is 0.529. The lowest BCUT2D eigenvalue weighted by atomic mass is 10.2. The van der Waals surface area contributed by atoms with Crippen molar-refractivity contribution in [3.05, 3.63) is 29.8 Å². The molecule has 0 spiro atoms. The topological polar surface area (TPSA) is 56.1 Å². The first-order chi connectivity index (χ1) is 10.1. The third-order valence-electron chi connectivity index (χ3n) is 3.59. The van der Waals surface area contributed by atoms with Crippen LogP contribution in [0.5, 0.6) is 0 Å². The van der Waals surface area contributed by atoms with Gasteiger partial charge in [-0.2, -0.15) is 5.26 Å². The molecule has 1 amide bonds. The van der Waals surface area contributed by atoms with Crippen LogP contribution in [0.25, 0.3) is 0 Å². The zero-order valence-electron chi connectivity index (χ0n) is 12.8. The van der Waals surface area contributed by atoms with Crippen molar-refractivity contribution in [3.8, 4) is 6.07 Å². The lowest BCUT2D eigenvalue weighted by Crippen LogP contribution is -2.33. The van der Waals surface area contributed by atoms with Gasteiger partial charge in [-0.25, -0.2) is 0 Å². The molecule has 112 valence electrons. The summed E-state index contributed by atoms with van der Waals surface area (Å²) in [5, 5.41) is 11.6. The molecule has 0 atom stereocenters. The molecule has 1 fully saturated rings. The maximum Gasteiger partial charge on any atom is 0.225 e. The molecule has 0 aliphatic heterocycles. The van der Waals surface area contributed by atoms with Crippen molar-refractivity contribution in [2.75, 3.05) is 18.4 Å². The molecule has 1 saturated carbocycles. The molecule has 1 N–H and O–H groups in total. The highest BCUT2D eigenvalue weighted by Crippen LogP contribution is 2.27. The smallest absolute Gasteiger partial charge is 0.225 e. The molecule has 4 heteroatoms. The molecule has 0 saturated heterocycles. The van der Waals surface area contributed by atoms with Gasteiger partial charge in [0.05, 0.1) is 11.6 Å². The van der Waals surface area contributed by atoms with Crippen LogP contribution in [0.15, 0.2) is 24.3 Å². The zero-order chi connectivity index (χ0) is 15.2. The minimum Gasteiger partial charge on any atom is -0.326 e. The summed E-state index contributed by atoms with van der Waals surface area (Å²) < 4.78 is 0. The Morgan fingerprint density at radius 3 is 2.57 bits per heavy atom. The van der Waals surface area contributed by atoms with Crippen molar-refractivity contribution >= 4 is 11.6 Å². The highest BCUT2D eigenvalue weighted by atomic mass is 16.1. The standard InChI is InChI=1S/C17H23N3O/c1-13(2)12-20(16-7-8-16)10-9-17(21)19-15-5-3-14(11-18)4-6-15/h3-6,13,16H,7-10,12H2,1-2H3,(H,19,21). The van der Waals surface area contributed by atoms with Gasteiger partial charge in [-0.15, -0.1) is 0 Å². The van der Waals surface area contributed by atoms with Crippen LogP contribution in [-0.4, -0.2) is 29.9 Å². The van der Waals surface area contributed by atoms with Gasteiger partial charge in [-0.05, 0) is 43.0 Å². The predicted molar refractivity (Wildman–Crippen MR) is 83.8 cm³/mol. The van der Waals surface area contributed by atoms with Crippen molar-refractivity contribution in [2.24, 2.45) is 5.92 Å². The molecular formula is C17H23N3O. The van der Waals surface area contributed by atoms with Crippen LogP contribution >= 0.6 is 0 Å². The van der Waals surface area contributed by atoms with Crippen molar-refractivity contribution in [1.29, 1.82) is 5.26 Å². The molecule has 4 nitrogen and oxygen atoms in total. The minimum absolute atomic E-state index is 0.0362. The van der Waals surface area contributed by atoms with Gasteiger partial charge in [-0.1, -0.05) is 13.8 Å². The van der Waals surface area contributed by atoms with E-state index in [9.17, 15) is 4.79 Å². The summed E-state index contributed by atoms with van der Waals surface area (Å²) in [6, 6.07) is 9.72. The van der Waals surface area contributed by atoms with E-state index in [4.69, 9.17) is 5.26 Å². The van der Waals surface area contributed by atoms with Gasteiger partial charge in [0.15, 0.2) is 0 Å². The molecule has 2 rings (SSSR count). The number of benzene rings is 1. The van der Waals surface area contributed by atoms with Gasteiger partial charge in [0.2, 0.25) is 5.91 Å². The highest BCUT2D eigenvalue weighted by Gasteiger charge is 2.29. The Labute approximate surface area is 126 Å². The predicted octanol–water partition coefficient (Wildman–Crippen LogP) is 3.01. The summed E-state index contributed by atoms with van der Waals surface area (Å²) in [5.41, 5.74) is 1.35. The van der Waals surface area contributed by atoms with E-state index in [1.54, 1.807) is 24.3 Å². The molecule has 1 aliphatic carbocycles. The number of rotatable bonds is 7. The second-order valence-corrected chi connectivity index (χ2v) is 6.11. The number of hydrogen-bond acceptors (Lipinski definition) is 3. The molecular weight excluding hydrogens is 262 g/mol. The van der Waals surface area contributed by atoms with Gasteiger partial charge >= 0.3 is 0 Å². The summed E-state index contributed by atoms with van der Waals surface area (Å²) in [6.07, 6.45) is 3.05. The fourth-order valence-corrected chi connectivity index (χ4v) is 2.43. The van der Waals surface area contributed by atoms with E-state index in [0.29, 0.717) is 23.9 Å². The van der Waals surface area contributed by atoms with E-state index < -0.39 is 0 Å². The third kappa shape index (κ3) is 5.20. The molecule has 0 bridgehead atoms. The van der Waals surface area contributed by atoms with Crippen LogP contribution in [0.1, 0.15) is 38.7 Å². The maximum absolute atomic E-state index is 12.0. The number of carbonyl (C=O) groups is 1. The van der Waals surface area contributed by atoms with Crippen molar-refractivity contribution in [1.82, 2.24) is 4.90 Å². The summed E-state index contributed by atoms with van der Waals surface area (Å²) in [7, 11) is 0. The Morgan fingerprint density at radius 2 is 2.05 bits per heavy atom. The van der Waals surface area contributed by atoms with Crippen LogP contribution in [0, 0.1) is 17.2 Å². The average molecular weight is 285 g/mol. The Hall–Kier alpha value is -1.86. The lowest BCUT2D eigenvalue weighted by Gasteiger charge is -2.23. The largest absolute Gasteiger partial charge is 0.326 e. The normalized spacial score (nSPS) is 14.2. The quantitative estimate of drug-likeness (QED) is 0.838. The number of nitrogens with one attached hydrogen (secondary N) is 1. The molecule has 0 aromatic heterocycles. The Bertz CT molecular complexity index is 512. The van der Waals surface area contributed by atoms with Crippen LogP contribution in [0.3, 0.4) is 0 Å². The van der Waals surface area contributed by atoms with Gasteiger partial charge < -0.3 is 5.32 Å². The fourth-order valence-electron chi connectivity index (χ4n) is 2.43. The van der Waals surface area contributed by atoms with Crippen molar-refractivity contribution in [3.63, 3.8) is 0 Å². The molecule has 21 heavy (non-hydrogen) atoms. The highest BCUT2D eigenvalue weighted by molar-refractivity contribution is 5.90. The molecule has 1 aromatic carbocycles. The minimum atomic E-state index is 0.0362. The van der Waals surface area contributed by atoms with Gasteiger partial charge in [0.25, 0.3) is 0 Å². The Kier molecular flexibility index (Phi) is 5.35. The summed E-state index contributed by atoms with van der Waals surface area (Å²) in [4.78, 5) is 14.4. The number of amides is 1. The second-order valence-electron chi connectivity index (χ2n) is 6.11. The summed E-state index contributed by atoms with van der Waals surface area (Å²) >= 11 is 0. The second kappa shape index (κ2) is 7.24. The van der Waals surface area contributed by atoms with E-state index in [1.807, 2.05) is 0 Å². The first kappa shape index (κ1) is 15.5. The lowest BCUT2D eigenvalue weighted by molar-refractivity contribution is -0.116. The number of nitriles is 1. The number of carbonyl (C=O) groups excluding carboxylic acids is 1. The van der Waals surface area contributed by atoms with Crippen LogP contribution in [-0.2, 0) is 4.79 Å². The molecule has 1 aromatic rings. The van der Waals surface area contributed by atoms with E-state index in [-0.39, 0.29) is 5.91 Å². The van der Waals surface area contributed by atoms with Crippen molar-refractivity contribution < 1.29 is 4.79 Å². The molecule has 1 aliphatic rings. The van der Waals surface area contributed by atoms with Crippen molar-refractivity contribution in [2.45, 2.75) is 39.2 Å². The van der Waals surface area contributed by atoms with Gasteiger partial charge in [0.1, 0.15) is 0 Å². The van der Waals surface area contributed by atoms with Gasteiger partial charge in [-0.3, -0.25) is 9.69 Å². The summed E-state index contributed by atoms with van der Waals surface area (Å²) in [5.74, 6) is 0.668. The molecule has 0 unspecified atom stereocenters. The summed E-state index contributed by atoms with van der Waals surface area (Å²) in [6.45, 7) is 6.32. The average Bonchev–Trinajstić information content (AvgIpc) is 3.28. The van der Waals surface area contributed by atoms with E-state index in [1.165, 1.54) is 12.8 Å². The maximum atomic E-state index is 12.0. The van der Waals surface area contributed by atoms with E-state index >= 15 is 0 Å².